The van der Waals surface area contributed by atoms with E-state index in [4.69, 9.17) is 0 Å². The van der Waals surface area contributed by atoms with Gasteiger partial charge in [0.15, 0.2) is 0 Å². The van der Waals surface area contributed by atoms with E-state index in [0.717, 1.165) is 21.5 Å². The van der Waals surface area contributed by atoms with Crippen molar-refractivity contribution < 1.29 is 4.39 Å². The Kier molecular flexibility index (Phi) is 3.20. The largest absolute Gasteiger partial charge is 0.260 e. The molecule has 2 aromatic heterocycles. The monoisotopic (exact) mass is 309 g/mol. The molecule has 0 saturated heterocycles. The van der Waals surface area contributed by atoms with Crippen molar-refractivity contribution in [1.82, 2.24) is 14.8 Å². The van der Waals surface area contributed by atoms with Gasteiger partial charge in [0.2, 0.25) is 0 Å². The molecule has 0 spiro atoms. The van der Waals surface area contributed by atoms with Crippen LogP contribution in [0.15, 0.2) is 60.2 Å². The lowest BCUT2D eigenvalue weighted by Crippen LogP contribution is -2.03. The van der Waals surface area contributed by atoms with Gasteiger partial charge >= 0.3 is 0 Å². The van der Waals surface area contributed by atoms with E-state index in [1.807, 2.05) is 41.2 Å². The second kappa shape index (κ2) is 5.35. The maximum atomic E-state index is 13.9. The quantitative estimate of drug-likeness (QED) is 0.563. The molecule has 0 radical (unpaired) electrons. The van der Waals surface area contributed by atoms with Crippen molar-refractivity contribution in [2.24, 2.45) is 0 Å². The molecule has 0 bridgehead atoms. The first-order valence-electron chi connectivity index (χ1n) is 6.91. The van der Waals surface area contributed by atoms with Gasteiger partial charge in [0.05, 0.1) is 22.4 Å². The lowest BCUT2D eigenvalue weighted by Gasteiger charge is -2.04. The van der Waals surface area contributed by atoms with Gasteiger partial charge in [-0.2, -0.15) is 5.10 Å². The van der Waals surface area contributed by atoms with Crippen molar-refractivity contribution in [3.05, 3.63) is 71.6 Å². The first-order valence-corrected chi connectivity index (χ1v) is 7.79. The van der Waals surface area contributed by atoms with Gasteiger partial charge in [0, 0.05) is 17.1 Å². The Morgan fingerprint density at radius 1 is 1.05 bits per heavy atom. The molecule has 0 aliphatic heterocycles. The molecule has 0 atom stereocenters. The first-order chi connectivity index (χ1) is 10.8. The molecule has 0 aliphatic rings. The van der Waals surface area contributed by atoms with Crippen LogP contribution in [0.4, 0.5) is 4.39 Å². The van der Waals surface area contributed by atoms with Gasteiger partial charge in [0.1, 0.15) is 11.5 Å². The van der Waals surface area contributed by atoms with Crippen LogP contribution in [0.25, 0.3) is 21.5 Å². The summed E-state index contributed by atoms with van der Waals surface area (Å²) in [6, 6.07) is 14.8. The Balaban J connectivity index is 1.87. The van der Waals surface area contributed by atoms with E-state index < -0.39 is 0 Å². The number of rotatable bonds is 3. The van der Waals surface area contributed by atoms with Gasteiger partial charge in [-0.3, -0.25) is 9.67 Å². The third kappa shape index (κ3) is 2.19. The molecule has 0 amide bonds. The van der Waals surface area contributed by atoms with Crippen LogP contribution in [-0.4, -0.2) is 14.8 Å². The van der Waals surface area contributed by atoms with Crippen molar-refractivity contribution in [2.75, 3.05) is 0 Å². The maximum absolute atomic E-state index is 13.9. The smallest absolute Gasteiger partial charge is 0.128 e. The highest BCUT2D eigenvalue weighted by molar-refractivity contribution is 7.13. The Hall–Kier alpha value is -2.53. The summed E-state index contributed by atoms with van der Waals surface area (Å²) < 4.78 is 15.8. The normalized spacial score (nSPS) is 11.1. The molecule has 0 unspecified atom stereocenters. The van der Waals surface area contributed by atoms with Crippen molar-refractivity contribution >= 4 is 22.2 Å². The van der Waals surface area contributed by atoms with E-state index in [0.29, 0.717) is 12.1 Å². The summed E-state index contributed by atoms with van der Waals surface area (Å²) in [6.45, 7) is 0.409. The van der Waals surface area contributed by atoms with Crippen LogP contribution in [0.5, 0.6) is 0 Å². The van der Waals surface area contributed by atoms with Crippen molar-refractivity contribution in [3.8, 4) is 10.6 Å². The molecule has 4 rings (SSSR count). The molecule has 0 fully saturated rings. The first kappa shape index (κ1) is 13.2. The maximum Gasteiger partial charge on any atom is 0.128 e. The summed E-state index contributed by atoms with van der Waals surface area (Å²) >= 11 is 1.55. The Morgan fingerprint density at radius 3 is 2.68 bits per heavy atom. The molecular weight excluding hydrogens is 297 g/mol. The highest BCUT2D eigenvalue weighted by Gasteiger charge is 2.14. The van der Waals surface area contributed by atoms with Crippen LogP contribution in [0.2, 0.25) is 0 Å². The summed E-state index contributed by atoms with van der Waals surface area (Å²) in [4.78, 5) is 5.14. The van der Waals surface area contributed by atoms with Gasteiger partial charge in [-0.1, -0.05) is 36.4 Å². The van der Waals surface area contributed by atoms with Crippen LogP contribution in [0.1, 0.15) is 5.56 Å². The molecule has 5 heteroatoms. The standard InChI is InChI=1S/C17H12FN3S/c18-14-7-3-1-5-12(14)10-21-15-8-4-2-6-13(15)17(20-21)16-9-19-11-22-16/h1-9,11H,10H2. The van der Waals surface area contributed by atoms with E-state index in [1.165, 1.54) is 6.07 Å². The molecule has 22 heavy (non-hydrogen) atoms. The average molecular weight is 309 g/mol. The van der Waals surface area contributed by atoms with Gasteiger partial charge in [0.25, 0.3) is 0 Å². The lowest BCUT2D eigenvalue weighted by atomic mass is 10.2. The van der Waals surface area contributed by atoms with Crippen LogP contribution >= 0.6 is 11.3 Å². The fourth-order valence-electron chi connectivity index (χ4n) is 2.55. The molecule has 0 aliphatic carbocycles. The third-order valence-electron chi connectivity index (χ3n) is 3.60. The predicted molar refractivity (Wildman–Crippen MR) is 86.3 cm³/mol. The van der Waals surface area contributed by atoms with Crippen molar-refractivity contribution in [3.63, 3.8) is 0 Å². The van der Waals surface area contributed by atoms with Gasteiger partial charge in [-0.15, -0.1) is 11.3 Å². The zero-order valence-electron chi connectivity index (χ0n) is 11.6. The molecule has 0 saturated carbocycles. The molecule has 2 heterocycles. The summed E-state index contributed by atoms with van der Waals surface area (Å²) in [5, 5.41) is 5.75. The zero-order chi connectivity index (χ0) is 14.9. The second-order valence-electron chi connectivity index (χ2n) is 4.98. The summed E-state index contributed by atoms with van der Waals surface area (Å²) in [6.07, 6.45) is 1.81. The number of hydrogen-bond acceptors (Lipinski definition) is 3. The predicted octanol–water partition coefficient (Wildman–Crippen LogP) is 4.35. The third-order valence-corrected chi connectivity index (χ3v) is 4.38. The number of aromatic nitrogens is 3. The van der Waals surface area contributed by atoms with Crippen LogP contribution in [-0.2, 0) is 6.54 Å². The number of halogens is 1. The summed E-state index contributed by atoms with van der Waals surface area (Å²) in [5.74, 6) is -0.207. The second-order valence-corrected chi connectivity index (χ2v) is 5.87. The average Bonchev–Trinajstić information content (AvgIpc) is 3.18. The van der Waals surface area contributed by atoms with E-state index in [-0.39, 0.29) is 5.82 Å². The van der Waals surface area contributed by atoms with Gasteiger partial charge in [-0.25, -0.2) is 4.39 Å². The van der Waals surface area contributed by atoms with Crippen LogP contribution in [0.3, 0.4) is 0 Å². The minimum absolute atomic E-state index is 0.207. The topological polar surface area (TPSA) is 30.7 Å². The molecular formula is C17H12FN3S. The fourth-order valence-corrected chi connectivity index (χ4v) is 3.17. The van der Waals surface area contributed by atoms with Gasteiger partial charge in [-0.05, 0) is 12.1 Å². The number of para-hydroxylation sites is 1. The molecule has 108 valence electrons. The van der Waals surface area contributed by atoms with E-state index in [1.54, 1.807) is 29.0 Å². The Morgan fingerprint density at radius 2 is 1.86 bits per heavy atom. The molecule has 0 N–H and O–H groups in total. The number of hydrogen-bond donors (Lipinski definition) is 0. The number of fused-ring (bicyclic) bond motifs is 1. The van der Waals surface area contributed by atoms with E-state index in [2.05, 4.69) is 10.1 Å². The minimum Gasteiger partial charge on any atom is -0.260 e. The molecule has 4 aromatic rings. The Labute approximate surface area is 130 Å². The molecule has 3 nitrogen and oxygen atoms in total. The number of thiazole rings is 1. The lowest BCUT2D eigenvalue weighted by molar-refractivity contribution is 0.591. The summed E-state index contributed by atoms with van der Waals surface area (Å²) in [7, 11) is 0. The highest BCUT2D eigenvalue weighted by atomic mass is 32.1. The zero-order valence-corrected chi connectivity index (χ0v) is 12.4. The molecule has 2 aromatic carbocycles. The van der Waals surface area contributed by atoms with Crippen molar-refractivity contribution in [1.29, 1.82) is 0 Å². The van der Waals surface area contributed by atoms with Crippen molar-refractivity contribution in [2.45, 2.75) is 6.54 Å². The SMILES string of the molecule is Fc1ccccc1Cn1nc(-c2cncs2)c2ccccc21. The van der Waals surface area contributed by atoms with Crippen LogP contribution in [0, 0.1) is 5.82 Å². The fraction of sp³-hybridized carbons (Fsp3) is 0.0588. The highest BCUT2D eigenvalue weighted by Crippen LogP contribution is 2.30. The number of benzene rings is 2. The number of nitrogens with zero attached hydrogens (tertiary/aromatic N) is 3. The van der Waals surface area contributed by atoms with E-state index in [9.17, 15) is 4.39 Å². The van der Waals surface area contributed by atoms with Gasteiger partial charge < -0.3 is 0 Å². The summed E-state index contributed by atoms with van der Waals surface area (Å²) in [5.41, 5.74) is 4.31. The van der Waals surface area contributed by atoms with Crippen LogP contribution < -0.4 is 0 Å². The Bertz CT molecular complexity index is 928. The minimum atomic E-state index is -0.207. The van der Waals surface area contributed by atoms with E-state index >= 15 is 0 Å².